The van der Waals surface area contributed by atoms with E-state index in [1.54, 1.807) is 42.5 Å². The molecule has 2 aromatic rings. The highest BCUT2D eigenvalue weighted by molar-refractivity contribution is 7.87. The van der Waals surface area contributed by atoms with E-state index in [1.165, 1.54) is 5.57 Å². The van der Waals surface area contributed by atoms with Crippen molar-refractivity contribution in [2.45, 2.75) is 51.0 Å². The fraction of sp³-hybridized carbons (Fsp3) is 0.304. The number of rotatable bonds is 6. The van der Waals surface area contributed by atoms with Crippen LogP contribution in [0.2, 0.25) is 0 Å². The van der Waals surface area contributed by atoms with Crippen LogP contribution in [0.1, 0.15) is 44.7 Å². The third-order valence-electron chi connectivity index (χ3n) is 4.65. The lowest BCUT2D eigenvalue weighted by molar-refractivity contribution is 0.128. The normalized spacial score (nSPS) is 18.1. The molecule has 0 saturated heterocycles. The molecule has 0 aliphatic carbocycles. The highest BCUT2D eigenvalue weighted by atomic mass is 32.2. The van der Waals surface area contributed by atoms with Gasteiger partial charge in [-0.3, -0.25) is 0 Å². The highest BCUT2D eigenvalue weighted by Gasteiger charge is 2.27. The molecule has 1 aliphatic rings. The average Bonchev–Trinajstić information content (AvgIpc) is 2.61. The second kappa shape index (κ2) is 7.84. The van der Waals surface area contributed by atoms with Crippen LogP contribution in [-0.2, 0) is 10.1 Å². The molecule has 1 heterocycles. The van der Waals surface area contributed by atoms with Gasteiger partial charge in [0.15, 0.2) is 0 Å². The lowest BCUT2D eigenvalue weighted by Gasteiger charge is -2.31. The summed E-state index contributed by atoms with van der Waals surface area (Å²) < 4.78 is 36.4. The molecule has 28 heavy (non-hydrogen) atoms. The Morgan fingerprint density at radius 2 is 1.86 bits per heavy atom. The number of hydrogen-bond donors (Lipinski definition) is 0. The summed E-state index contributed by atoms with van der Waals surface area (Å²) >= 11 is 0. The topological polar surface area (TPSA) is 52.6 Å². The van der Waals surface area contributed by atoms with E-state index in [2.05, 4.69) is 26.8 Å². The van der Waals surface area contributed by atoms with Crippen molar-refractivity contribution >= 4 is 16.2 Å². The third kappa shape index (κ3) is 4.84. The third-order valence-corrected chi connectivity index (χ3v) is 5.91. The van der Waals surface area contributed by atoms with E-state index in [1.807, 2.05) is 19.1 Å². The minimum atomic E-state index is -3.87. The van der Waals surface area contributed by atoms with Gasteiger partial charge in [0.2, 0.25) is 0 Å². The highest BCUT2D eigenvalue weighted by Crippen LogP contribution is 2.36. The standard InChI is InChI=1S/C23H26O4S/c1-17(2)6-5-14-23(4)15-13-19-16-20(9-12-22(19)26-23)27-28(24,25)21-10-7-18(3)8-11-21/h6-13,15-16H,5,14H2,1-4H3/t23-/m1/s1. The lowest BCUT2D eigenvalue weighted by atomic mass is 9.94. The molecule has 0 saturated carbocycles. The Kier molecular flexibility index (Phi) is 5.66. The van der Waals surface area contributed by atoms with E-state index in [0.29, 0.717) is 0 Å². The smallest absolute Gasteiger partial charge is 0.339 e. The molecule has 5 heteroatoms. The monoisotopic (exact) mass is 398 g/mol. The van der Waals surface area contributed by atoms with Crippen molar-refractivity contribution in [2.24, 2.45) is 0 Å². The van der Waals surface area contributed by atoms with Crippen molar-refractivity contribution in [1.82, 2.24) is 0 Å². The van der Waals surface area contributed by atoms with Crippen molar-refractivity contribution in [2.75, 3.05) is 0 Å². The fourth-order valence-electron chi connectivity index (χ4n) is 3.01. The maximum absolute atomic E-state index is 12.5. The van der Waals surface area contributed by atoms with E-state index in [0.717, 1.165) is 29.7 Å². The number of fused-ring (bicyclic) bond motifs is 1. The lowest BCUT2D eigenvalue weighted by Crippen LogP contribution is -2.31. The van der Waals surface area contributed by atoms with E-state index < -0.39 is 10.1 Å². The molecule has 4 nitrogen and oxygen atoms in total. The number of benzene rings is 2. The number of aryl methyl sites for hydroxylation is 1. The summed E-state index contributed by atoms with van der Waals surface area (Å²) in [5.41, 5.74) is 2.70. The van der Waals surface area contributed by atoms with Gasteiger partial charge in [-0.25, -0.2) is 0 Å². The quantitative estimate of drug-likeness (QED) is 0.464. The summed E-state index contributed by atoms with van der Waals surface area (Å²) in [6.45, 7) is 8.13. The molecule has 0 aromatic heterocycles. The van der Waals surface area contributed by atoms with Gasteiger partial charge in [-0.2, -0.15) is 8.42 Å². The largest absolute Gasteiger partial charge is 0.483 e. The summed E-state index contributed by atoms with van der Waals surface area (Å²) in [6.07, 6.45) is 7.99. The van der Waals surface area contributed by atoms with Crippen molar-refractivity contribution in [1.29, 1.82) is 0 Å². The van der Waals surface area contributed by atoms with Crippen molar-refractivity contribution in [3.8, 4) is 11.5 Å². The maximum atomic E-state index is 12.5. The van der Waals surface area contributed by atoms with Crippen LogP contribution in [0.25, 0.3) is 6.08 Å². The van der Waals surface area contributed by atoms with Gasteiger partial charge < -0.3 is 8.92 Å². The Balaban J connectivity index is 1.76. The van der Waals surface area contributed by atoms with Gasteiger partial charge in [0, 0.05) is 5.56 Å². The predicted octanol–water partition coefficient (Wildman–Crippen LogP) is 5.67. The molecular formula is C23H26O4S. The van der Waals surface area contributed by atoms with E-state index in [4.69, 9.17) is 8.92 Å². The van der Waals surface area contributed by atoms with E-state index in [9.17, 15) is 8.42 Å². The Hall–Kier alpha value is -2.53. The molecule has 1 atom stereocenters. The first kappa shape index (κ1) is 20.2. The summed E-state index contributed by atoms with van der Waals surface area (Å²) in [7, 11) is -3.87. The molecule has 0 fully saturated rings. The zero-order valence-corrected chi connectivity index (χ0v) is 17.5. The van der Waals surface area contributed by atoms with Crippen LogP contribution in [0, 0.1) is 6.92 Å². The molecule has 1 aliphatic heterocycles. The first-order chi connectivity index (χ1) is 13.2. The number of hydrogen-bond acceptors (Lipinski definition) is 4. The van der Waals surface area contributed by atoms with Crippen molar-refractivity contribution in [3.63, 3.8) is 0 Å². The molecule has 0 bridgehead atoms. The van der Waals surface area contributed by atoms with Crippen LogP contribution < -0.4 is 8.92 Å². The SMILES string of the molecule is CC(C)=CCC[C@]1(C)C=Cc2cc(OS(=O)(=O)c3ccc(C)cc3)ccc2O1. The minimum absolute atomic E-state index is 0.134. The summed E-state index contributed by atoms with van der Waals surface area (Å²) in [5, 5.41) is 0. The first-order valence-corrected chi connectivity index (χ1v) is 10.7. The summed E-state index contributed by atoms with van der Waals surface area (Å²) in [4.78, 5) is 0.134. The minimum Gasteiger partial charge on any atom is -0.483 e. The summed E-state index contributed by atoms with van der Waals surface area (Å²) in [6, 6.07) is 11.7. The molecule has 0 N–H and O–H groups in total. The molecule has 0 amide bonds. The van der Waals surface area contributed by atoms with Crippen LogP contribution in [0.5, 0.6) is 11.5 Å². The molecule has 2 aromatic carbocycles. The molecular weight excluding hydrogens is 372 g/mol. The van der Waals surface area contributed by atoms with Gasteiger partial charge in [0.1, 0.15) is 22.0 Å². The van der Waals surface area contributed by atoms with Crippen molar-refractivity contribution < 1.29 is 17.3 Å². The van der Waals surface area contributed by atoms with Crippen LogP contribution in [-0.4, -0.2) is 14.0 Å². The Morgan fingerprint density at radius 1 is 1.14 bits per heavy atom. The van der Waals surface area contributed by atoms with Gasteiger partial charge in [0.05, 0.1) is 0 Å². The zero-order chi connectivity index (χ0) is 20.4. The molecule has 148 valence electrons. The number of allylic oxidation sites excluding steroid dienone is 2. The van der Waals surface area contributed by atoms with Crippen LogP contribution in [0.4, 0.5) is 0 Å². The van der Waals surface area contributed by atoms with Gasteiger partial charge >= 0.3 is 10.1 Å². The van der Waals surface area contributed by atoms with E-state index >= 15 is 0 Å². The number of ether oxygens (including phenoxy) is 1. The van der Waals surface area contributed by atoms with Crippen molar-refractivity contribution in [3.05, 3.63) is 71.3 Å². The second-order valence-corrected chi connectivity index (χ2v) is 9.16. The zero-order valence-electron chi connectivity index (χ0n) is 16.7. The van der Waals surface area contributed by atoms with Gasteiger partial charge in [-0.1, -0.05) is 35.4 Å². The molecule has 0 radical (unpaired) electrons. The average molecular weight is 399 g/mol. The van der Waals surface area contributed by atoms with Crippen LogP contribution >= 0.6 is 0 Å². The first-order valence-electron chi connectivity index (χ1n) is 9.34. The molecule has 3 rings (SSSR count). The summed E-state index contributed by atoms with van der Waals surface area (Å²) in [5.74, 6) is 0.989. The fourth-order valence-corrected chi connectivity index (χ4v) is 3.94. The van der Waals surface area contributed by atoms with Crippen LogP contribution in [0.15, 0.2) is 65.1 Å². The van der Waals surface area contributed by atoms with Gasteiger partial charge in [0.25, 0.3) is 0 Å². The van der Waals surface area contributed by atoms with Crippen LogP contribution in [0.3, 0.4) is 0 Å². The maximum Gasteiger partial charge on any atom is 0.339 e. The van der Waals surface area contributed by atoms with Gasteiger partial charge in [-0.05, 0) is 76.9 Å². The Bertz CT molecular complexity index is 1010. The van der Waals surface area contributed by atoms with E-state index in [-0.39, 0.29) is 16.2 Å². The predicted molar refractivity (Wildman–Crippen MR) is 112 cm³/mol. The Morgan fingerprint density at radius 3 is 2.54 bits per heavy atom. The second-order valence-electron chi connectivity index (χ2n) is 7.62. The Labute approximate surface area is 167 Å². The van der Waals surface area contributed by atoms with Gasteiger partial charge in [-0.15, -0.1) is 0 Å². The molecule has 0 spiro atoms. The molecule has 0 unspecified atom stereocenters.